The second kappa shape index (κ2) is 4.46. The van der Waals surface area contributed by atoms with Crippen LogP contribution in [0, 0.1) is 0 Å². The first-order valence-corrected chi connectivity index (χ1v) is 6.64. The van der Waals surface area contributed by atoms with Gasteiger partial charge in [-0.25, -0.2) is 0 Å². The summed E-state index contributed by atoms with van der Waals surface area (Å²) in [4.78, 5) is 12.4. The van der Waals surface area contributed by atoms with E-state index in [9.17, 15) is 4.79 Å². The molecule has 0 saturated carbocycles. The maximum atomic E-state index is 12.4. The van der Waals surface area contributed by atoms with E-state index in [1.54, 1.807) is 0 Å². The van der Waals surface area contributed by atoms with Gasteiger partial charge in [-0.3, -0.25) is 4.79 Å². The number of para-hydroxylation sites is 2. The monoisotopic (exact) mass is 255 g/mol. The summed E-state index contributed by atoms with van der Waals surface area (Å²) < 4.78 is 2.00. The fraction of sp³-hybridized carbons (Fsp3) is 0.267. The Labute approximate surface area is 112 Å². The van der Waals surface area contributed by atoms with Gasteiger partial charge < -0.3 is 15.2 Å². The maximum absolute atomic E-state index is 12.4. The molecule has 1 aromatic carbocycles. The Morgan fingerprint density at radius 3 is 2.42 bits per heavy atom. The second-order valence-electron chi connectivity index (χ2n) is 4.64. The third kappa shape index (κ3) is 1.80. The van der Waals surface area contributed by atoms with Gasteiger partial charge >= 0.3 is 0 Å². The van der Waals surface area contributed by atoms with Crippen LogP contribution >= 0.6 is 0 Å². The molecule has 98 valence electrons. The van der Waals surface area contributed by atoms with Crippen molar-refractivity contribution in [2.75, 3.05) is 10.6 Å². The highest BCUT2D eigenvalue weighted by Gasteiger charge is 2.24. The van der Waals surface area contributed by atoms with Crippen LogP contribution in [0.4, 0.5) is 17.1 Å². The Bertz CT molecular complexity index is 643. The molecule has 2 heterocycles. The van der Waals surface area contributed by atoms with Gasteiger partial charge in [-0.2, -0.15) is 0 Å². The van der Waals surface area contributed by atoms with Crippen LogP contribution in [0.5, 0.6) is 0 Å². The molecule has 0 unspecified atom stereocenters. The fourth-order valence-corrected chi connectivity index (χ4v) is 2.53. The predicted octanol–water partition coefficient (Wildman–Crippen LogP) is 3.38. The van der Waals surface area contributed by atoms with E-state index in [1.165, 1.54) is 5.56 Å². The van der Waals surface area contributed by atoms with Gasteiger partial charge in [0.15, 0.2) is 0 Å². The smallest absolute Gasteiger partial charge is 0.274 e. The van der Waals surface area contributed by atoms with Gasteiger partial charge in [0, 0.05) is 12.7 Å². The Balaban J connectivity index is 2.20. The molecule has 0 spiro atoms. The van der Waals surface area contributed by atoms with E-state index >= 15 is 0 Å². The molecular weight excluding hydrogens is 238 g/mol. The first-order chi connectivity index (χ1) is 9.24. The first-order valence-electron chi connectivity index (χ1n) is 6.64. The number of nitrogens with one attached hydrogen (secondary N) is 2. The second-order valence-corrected chi connectivity index (χ2v) is 4.64. The lowest BCUT2D eigenvalue weighted by molar-refractivity contribution is 0.101. The number of amides is 1. The number of benzene rings is 1. The lowest BCUT2D eigenvalue weighted by Gasteiger charge is -2.08. The van der Waals surface area contributed by atoms with Crippen molar-refractivity contribution in [3.63, 3.8) is 0 Å². The molecule has 1 aliphatic heterocycles. The molecule has 2 aromatic rings. The van der Waals surface area contributed by atoms with Gasteiger partial charge in [0.1, 0.15) is 5.69 Å². The highest BCUT2D eigenvalue weighted by molar-refractivity contribution is 6.11. The molecule has 0 atom stereocenters. The van der Waals surface area contributed by atoms with Crippen LogP contribution < -0.4 is 10.6 Å². The molecule has 0 fully saturated rings. The summed E-state index contributed by atoms with van der Waals surface area (Å²) in [7, 11) is 0. The SMILES string of the molecule is CCc1cn(CC)c2c1Nc1ccccc1NC2=O. The van der Waals surface area contributed by atoms with E-state index < -0.39 is 0 Å². The van der Waals surface area contributed by atoms with Crippen molar-refractivity contribution in [2.24, 2.45) is 0 Å². The van der Waals surface area contributed by atoms with Crippen LogP contribution in [0.2, 0.25) is 0 Å². The van der Waals surface area contributed by atoms with Crippen molar-refractivity contribution in [3.05, 3.63) is 41.7 Å². The number of carbonyl (C=O) groups excluding carboxylic acids is 1. The average Bonchev–Trinajstić information content (AvgIpc) is 2.71. The zero-order valence-electron chi connectivity index (χ0n) is 11.2. The molecule has 0 aliphatic carbocycles. The summed E-state index contributed by atoms with van der Waals surface area (Å²) in [6, 6.07) is 7.78. The Kier molecular flexibility index (Phi) is 2.78. The predicted molar refractivity (Wildman–Crippen MR) is 77.2 cm³/mol. The number of fused-ring (bicyclic) bond motifs is 2. The summed E-state index contributed by atoms with van der Waals surface area (Å²) in [5.41, 5.74) is 4.60. The molecule has 0 radical (unpaired) electrons. The summed E-state index contributed by atoms with van der Waals surface area (Å²) in [6.45, 7) is 4.94. The van der Waals surface area contributed by atoms with Crippen LogP contribution in [0.1, 0.15) is 29.9 Å². The van der Waals surface area contributed by atoms with Gasteiger partial charge in [-0.05, 0) is 31.0 Å². The minimum absolute atomic E-state index is 0.0472. The molecule has 0 bridgehead atoms. The topological polar surface area (TPSA) is 46.1 Å². The number of nitrogens with zero attached hydrogens (tertiary/aromatic N) is 1. The van der Waals surface area contributed by atoms with Crippen molar-refractivity contribution in [1.82, 2.24) is 4.57 Å². The zero-order valence-corrected chi connectivity index (χ0v) is 11.2. The van der Waals surface area contributed by atoms with E-state index in [4.69, 9.17) is 0 Å². The number of aryl methyl sites for hydroxylation is 2. The zero-order chi connectivity index (χ0) is 13.4. The van der Waals surface area contributed by atoms with Crippen LogP contribution in [0.3, 0.4) is 0 Å². The van der Waals surface area contributed by atoms with Gasteiger partial charge in [0.25, 0.3) is 5.91 Å². The lowest BCUT2D eigenvalue weighted by Crippen LogP contribution is -2.15. The molecule has 0 saturated heterocycles. The highest BCUT2D eigenvalue weighted by atomic mass is 16.2. The van der Waals surface area contributed by atoms with Gasteiger partial charge in [0.05, 0.1) is 17.1 Å². The molecule has 1 amide bonds. The summed E-state index contributed by atoms with van der Waals surface area (Å²) in [6.07, 6.45) is 2.96. The van der Waals surface area contributed by atoms with E-state index in [1.807, 2.05) is 35.8 Å². The van der Waals surface area contributed by atoms with Crippen molar-refractivity contribution >= 4 is 23.0 Å². The lowest BCUT2D eigenvalue weighted by atomic mass is 10.2. The Morgan fingerprint density at radius 2 is 1.79 bits per heavy atom. The van der Waals surface area contributed by atoms with Crippen LogP contribution in [-0.4, -0.2) is 10.5 Å². The molecule has 19 heavy (non-hydrogen) atoms. The van der Waals surface area contributed by atoms with Gasteiger partial charge in [-0.15, -0.1) is 0 Å². The minimum atomic E-state index is -0.0472. The molecular formula is C15H17N3O. The van der Waals surface area contributed by atoms with E-state index in [0.717, 1.165) is 35.7 Å². The number of rotatable bonds is 2. The third-order valence-corrected chi connectivity index (χ3v) is 3.53. The largest absolute Gasteiger partial charge is 0.352 e. The molecule has 1 aliphatic rings. The standard InChI is InChI=1S/C15H17N3O/c1-3-10-9-18(4-2)14-13(10)16-11-7-5-6-8-12(11)17-15(14)19/h5-9,16H,3-4H2,1-2H3,(H,17,19). The Hall–Kier alpha value is -2.23. The van der Waals surface area contributed by atoms with Crippen molar-refractivity contribution in [3.8, 4) is 0 Å². The van der Waals surface area contributed by atoms with Crippen LogP contribution in [-0.2, 0) is 13.0 Å². The van der Waals surface area contributed by atoms with Crippen molar-refractivity contribution in [2.45, 2.75) is 26.8 Å². The molecule has 4 nitrogen and oxygen atoms in total. The maximum Gasteiger partial charge on any atom is 0.274 e. The third-order valence-electron chi connectivity index (χ3n) is 3.53. The normalized spacial score (nSPS) is 13.1. The molecule has 3 rings (SSSR count). The molecule has 4 heteroatoms. The highest BCUT2D eigenvalue weighted by Crippen LogP contribution is 2.35. The number of hydrogen-bond acceptors (Lipinski definition) is 2. The molecule has 1 aromatic heterocycles. The number of carbonyl (C=O) groups is 1. The summed E-state index contributed by atoms with van der Waals surface area (Å²) in [5, 5.41) is 6.37. The van der Waals surface area contributed by atoms with E-state index in [0.29, 0.717) is 0 Å². The average molecular weight is 255 g/mol. The van der Waals surface area contributed by atoms with E-state index in [2.05, 4.69) is 23.8 Å². The summed E-state index contributed by atoms with van der Waals surface area (Å²) in [5.74, 6) is -0.0472. The minimum Gasteiger partial charge on any atom is -0.352 e. The fourth-order valence-electron chi connectivity index (χ4n) is 2.53. The van der Waals surface area contributed by atoms with Crippen molar-refractivity contribution < 1.29 is 4.79 Å². The van der Waals surface area contributed by atoms with Crippen LogP contribution in [0.15, 0.2) is 30.5 Å². The van der Waals surface area contributed by atoms with Gasteiger partial charge in [0.2, 0.25) is 0 Å². The van der Waals surface area contributed by atoms with Crippen molar-refractivity contribution in [1.29, 1.82) is 0 Å². The first kappa shape index (κ1) is 11.8. The molecule has 2 N–H and O–H groups in total. The van der Waals surface area contributed by atoms with E-state index in [-0.39, 0.29) is 5.91 Å². The summed E-state index contributed by atoms with van der Waals surface area (Å²) >= 11 is 0. The van der Waals surface area contributed by atoms with Gasteiger partial charge in [-0.1, -0.05) is 19.1 Å². The number of hydrogen-bond donors (Lipinski definition) is 2. The van der Waals surface area contributed by atoms with Crippen LogP contribution in [0.25, 0.3) is 0 Å². The Morgan fingerprint density at radius 1 is 1.11 bits per heavy atom. The quantitative estimate of drug-likeness (QED) is 0.864. The number of aromatic nitrogens is 1. The number of anilines is 3.